The molecule has 6 heteroatoms. The number of fused-ring (bicyclic) bond motifs is 1. The topological polar surface area (TPSA) is 79.5 Å². The highest BCUT2D eigenvalue weighted by molar-refractivity contribution is 9.10. The number of pyridine rings is 1. The van der Waals surface area contributed by atoms with Crippen LogP contribution < -0.4 is 5.73 Å². The van der Waals surface area contributed by atoms with Gasteiger partial charge in [-0.05, 0) is 41.3 Å². The SMILES string of the molecule is Nc1ncc(Br)cc1C(=O)N1CCC2(O)CCCCC2C1. The van der Waals surface area contributed by atoms with Gasteiger partial charge in [-0.25, -0.2) is 4.98 Å². The van der Waals surface area contributed by atoms with E-state index in [4.69, 9.17) is 5.73 Å². The smallest absolute Gasteiger partial charge is 0.257 e. The van der Waals surface area contributed by atoms with Gasteiger partial charge in [-0.3, -0.25) is 4.79 Å². The first-order chi connectivity index (χ1) is 9.99. The van der Waals surface area contributed by atoms with Crippen LogP contribution in [0.4, 0.5) is 5.82 Å². The van der Waals surface area contributed by atoms with Gasteiger partial charge in [0.1, 0.15) is 5.82 Å². The van der Waals surface area contributed by atoms with Gasteiger partial charge in [0.05, 0.1) is 11.2 Å². The molecular weight excluding hydrogens is 334 g/mol. The van der Waals surface area contributed by atoms with E-state index in [0.717, 1.165) is 30.2 Å². The molecule has 0 bridgehead atoms. The molecule has 2 fully saturated rings. The van der Waals surface area contributed by atoms with Gasteiger partial charge >= 0.3 is 0 Å². The average Bonchev–Trinajstić information content (AvgIpc) is 2.48. The van der Waals surface area contributed by atoms with Crippen molar-refractivity contribution in [2.75, 3.05) is 18.8 Å². The highest BCUT2D eigenvalue weighted by Gasteiger charge is 2.43. The fourth-order valence-corrected chi connectivity index (χ4v) is 3.88. The number of nitrogens with zero attached hydrogens (tertiary/aromatic N) is 2. The molecule has 2 heterocycles. The second kappa shape index (κ2) is 5.57. The fraction of sp³-hybridized carbons (Fsp3) is 0.600. The highest BCUT2D eigenvalue weighted by atomic mass is 79.9. The summed E-state index contributed by atoms with van der Waals surface area (Å²) in [5.41, 5.74) is 5.69. The molecule has 2 aliphatic rings. The number of anilines is 1. The number of aliphatic hydroxyl groups is 1. The molecule has 3 N–H and O–H groups in total. The first kappa shape index (κ1) is 14.8. The van der Waals surface area contributed by atoms with E-state index in [0.29, 0.717) is 25.1 Å². The Morgan fingerprint density at radius 1 is 1.48 bits per heavy atom. The predicted octanol–water partition coefficient (Wildman–Crippen LogP) is 2.19. The third-order valence-electron chi connectivity index (χ3n) is 4.83. The molecule has 1 aromatic heterocycles. The van der Waals surface area contributed by atoms with Crippen LogP contribution in [0, 0.1) is 5.92 Å². The maximum atomic E-state index is 12.7. The van der Waals surface area contributed by atoms with E-state index in [1.54, 1.807) is 12.3 Å². The molecule has 1 aliphatic carbocycles. The van der Waals surface area contributed by atoms with Crippen LogP contribution in [0.3, 0.4) is 0 Å². The molecule has 1 saturated heterocycles. The van der Waals surface area contributed by atoms with E-state index < -0.39 is 5.60 Å². The van der Waals surface area contributed by atoms with Crippen molar-refractivity contribution in [3.63, 3.8) is 0 Å². The number of aromatic nitrogens is 1. The van der Waals surface area contributed by atoms with E-state index in [-0.39, 0.29) is 17.6 Å². The summed E-state index contributed by atoms with van der Waals surface area (Å²) in [5.74, 6) is 0.354. The lowest BCUT2D eigenvalue weighted by Gasteiger charge is -2.47. The summed E-state index contributed by atoms with van der Waals surface area (Å²) in [6.07, 6.45) is 6.32. The van der Waals surface area contributed by atoms with E-state index in [1.165, 1.54) is 0 Å². The highest BCUT2D eigenvalue weighted by Crippen LogP contribution is 2.40. The zero-order chi connectivity index (χ0) is 15.0. The lowest BCUT2D eigenvalue weighted by Crippen LogP contribution is -2.54. The van der Waals surface area contributed by atoms with Crippen molar-refractivity contribution >= 4 is 27.7 Å². The summed E-state index contributed by atoms with van der Waals surface area (Å²) in [6.45, 7) is 1.19. The van der Waals surface area contributed by atoms with Gasteiger partial charge in [-0.15, -0.1) is 0 Å². The third-order valence-corrected chi connectivity index (χ3v) is 5.26. The Labute approximate surface area is 132 Å². The van der Waals surface area contributed by atoms with Crippen molar-refractivity contribution in [3.8, 4) is 0 Å². The molecule has 2 atom stereocenters. The number of hydrogen-bond acceptors (Lipinski definition) is 4. The summed E-state index contributed by atoms with van der Waals surface area (Å²) < 4.78 is 0.742. The molecule has 1 saturated carbocycles. The van der Waals surface area contributed by atoms with E-state index >= 15 is 0 Å². The van der Waals surface area contributed by atoms with Gasteiger partial charge in [0, 0.05) is 29.7 Å². The molecule has 3 rings (SSSR count). The van der Waals surface area contributed by atoms with E-state index in [9.17, 15) is 9.90 Å². The number of halogens is 1. The van der Waals surface area contributed by atoms with Gasteiger partial charge in [0.2, 0.25) is 0 Å². The Hall–Kier alpha value is -1.14. The van der Waals surface area contributed by atoms with Crippen molar-refractivity contribution in [3.05, 3.63) is 22.3 Å². The average molecular weight is 354 g/mol. The Morgan fingerprint density at radius 3 is 3.10 bits per heavy atom. The molecule has 2 unspecified atom stereocenters. The third kappa shape index (κ3) is 2.79. The van der Waals surface area contributed by atoms with Crippen LogP contribution in [0.25, 0.3) is 0 Å². The quantitative estimate of drug-likeness (QED) is 0.810. The van der Waals surface area contributed by atoms with Crippen molar-refractivity contribution in [2.24, 2.45) is 5.92 Å². The van der Waals surface area contributed by atoms with Crippen LogP contribution >= 0.6 is 15.9 Å². The molecule has 0 spiro atoms. The summed E-state index contributed by atoms with van der Waals surface area (Å²) in [4.78, 5) is 18.5. The maximum absolute atomic E-state index is 12.7. The monoisotopic (exact) mass is 353 g/mol. The Bertz CT molecular complexity index is 566. The molecule has 5 nitrogen and oxygen atoms in total. The largest absolute Gasteiger partial charge is 0.389 e. The summed E-state index contributed by atoms with van der Waals surface area (Å²) in [6, 6.07) is 1.71. The van der Waals surface area contributed by atoms with Gasteiger partial charge in [0.25, 0.3) is 5.91 Å². The maximum Gasteiger partial charge on any atom is 0.257 e. The number of piperidine rings is 1. The first-order valence-corrected chi connectivity index (χ1v) is 8.21. The Balaban J connectivity index is 1.79. The van der Waals surface area contributed by atoms with Gasteiger partial charge in [-0.1, -0.05) is 12.8 Å². The number of nitrogen functional groups attached to an aromatic ring is 1. The van der Waals surface area contributed by atoms with Crippen molar-refractivity contribution in [1.29, 1.82) is 0 Å². The van der Waals surface area contributed by atoms with Crippen LogP contribution in [0.2, 0.25) is 0 Å². The second-order valence-corrected chi connectivity index (χ2v) is 7.05. The molecule has 1 aromatic rings. The lowest BCUT2D eigenvalue weighted by molar-refractivity contribution is -0.0886. The summed E-state index contributed by atoms with van der Waals surface area (Å²) >= 11 is 3.32. The van der Waals surface area contributed by atoms with Crippen molar-refractivity contribution in [2.45, 2.75) is 37.7 Å². The van der Waals surface area contributed by atoms with Crippen LogP contribution in [-0.4, -0.2) is 39.6 Å². The standard InChI is InChI=1S/C15H20BrN3O2/c16-11-7-12(13(17)18-8-11)14(20)19-6-5-15(21)4-2-1-3-10(15)9-19/h7-8,10,21H,1-6,9H2,(H2,17,18). The number of amides is 1. The van der Waals surface area contributed by atoms with E-state index in [1.807, 2.05) is 4.90 Å². The van der Waals surface area contributed by atoms with Gasteiger partial charge in [0.15, 0.2) is 0 Å². The number of rotatable bonds is 1. The Kier molecular flexibility index (Phi) is 3.92. The van der Waals surface area contributed by atoms with E-state index in [2.05, 4.69) is 20.9 Å². The molecule has 1 aliphatic heterocycles. The summed E-state index contributed by atoms with van der Waals surface area (Å²) in [5, 5.41) is 10.7. The Morgan fingerprint density at radius 2 is 2.29 bits per heavy atom. The van der Waals surface area contributed by atoms with Crippen LogP contribution in [0.1, 0.15) is 42.5 Å². The second-order valence-electron chi connectivity index (χ2n) is 6.13. The van der Waals surface area contributed by atoms with Crippen LogP contribution in [0.5, 0.6) is 0 Å². The minimum absolute atomic E-state index is 0.0890. The molecular formula is C15H20BrN3O2. The van der Waals surface area contributed by atoms with Gasteiger partial charge < -0.3 is 15.7 Å². The predicted molar refractivity (Wildman–Crippen MR) is 83.8 cm³/mol. The number of likely N-dealkylation sites (tertiary alicyclic amines) is 1. The van der Waals surface area contributed by atoms with Crippen molar-refractivity contribution < 1.29 is 9.90 Å². The molecule has 114 valence electrons. The molecule has 21 heavy (non-hydrogen) atoms. The summed E-state index contributed by atoms with van der Waals surface area (Å²) in [7, 11) is 0. The fourth-order valence-electron chi connectivity index (χ4n) is 3.55. The van der Waals surface area contributed by atoms with Crippen LogP contribution in [-0.2, 0) is 0 Å². The molecule has 1 amide bonds. The number of nitrogens with two attached hydrogens (primary N) is 1. The first-order valence-electron chi connectivity index (χ1n) is 7.42. The van der Waals surface area contributed by atoms with Gasteiger partial charge in [-0.2, -0.15) is 0 Å². The van der Waals surface area contributed by atoms with Crippen LogP contribution in [0.15, 0.2) is 16.7 Å². The molecule has 0 radical (unpaired) electrons. The lowest BCUT2D eigenvalue weighted by atomic mass is 9.71. The normalized spacial score (nSPS) is 29.0. The minimum Gasteiger partial charge on any atom is -0.389 e. The zero-order valence-electron chi connectivity index (χ0n) is 11.9. The minimum atomic E-state index is -0.573. The van der Waals surface area contributed by atoms with Crippen molar-refractivity contribution in [1.82, 2.24) is 9.88 Å². The zero-order valence-corrected chi connectivity index (χ0v) is 13.5. The number of hydrogen-bond donors (Lipinski definition) is 2. The number of carbonyl (C=O) groups excluding carboxylic acids is 1. The molecule has 0 aromatic carbocycles. The number of carbonyl (C=O) groups is 1.